The smallest absolute Gasteiger partial charge is 0.280 e. The first-order chi connectivity index (χ1) is 12.9. The Balaban J connectivity index is 2.23. The van der Waals surface area contributed by atoms with E-state index in [-0.39, 0.29) is 16.9 Å². The second-order valence-corrected chi connectivity index (χ2v) is 5.75. The van der Waals surface area contributed by atoms with Crippen LogP contribution in [0.3, 0.4) is 0 Å². The topological polar surface area (TPSA) is 74.1 Å². The second kappa shape index (κ2) is 7.45. The molecule has 0 aliphatic rings. The molecule has 0 radical (unpaired) electrons. The zero-order valence-electron chi connectivity index (χ0n) is 14.5. The van der Waals surface area contributed by atoms with Gasteiger partial charge in [0.2, 0.25) is 5.56 Å². The number of hydrogen-bond donors (Lipinski definition) is 0. The number of ether oxygens (including phenoxy) is 1. The van der Waals surface area contributed by atoms with Gasteiger partial charge < -0.3 is 9.30 Å². The number of carbonyl (C=O) groups is 1. The summed E-state index contributed by atoms with van der Waals surface area (Å²) in [5.41, 5.74) is 1.40. The van der Waals surface area contributed by atoms with E-state index in [1.54, 1.807) is 25.4 Å². The minimum absolute atomic E-state index is 0.180. The van der Waals surface area contributed by atoms with Crippen LogP contribution in [0.5, 0.6) is 5.75 Å². The molecule has 0 spiro atoms. The lowest BCUT2D eigenvalue weighted by atomic mass is 9.99. The third-order valence-corrected chi connectivity index (χ3v) is 4.07. The van der Waals surface area contributed by atoms with Crippen molar-refractivity contribution in [2.75, 3.05) is 7.11 Å². The van der Waals surface area contributed by atoms with Gasteiger partial charge in [0.05, 0.1) is 19.0 Å². The lowest BCUT2D eigenvalue weighted by Crippen LogP contribution is -2.14. The third kappa shape index (κ3) is 3.59. The van der Waals surface area contributed by atoms with E-state index in [9.17, 15) is 18.4 Å². The highest BCUT2D eigenvalue weighted by Crippen LogP contribution is 2.35. The molecule has 0 aliphatic heterocycles. The molecule has 0 amide bonds. The summed E-state index contributed by atoms with van der Waals surface area (Å²) in [4.78, 5) is 31.0. The highest BCUT2D eigenvalue weighted by Gasteiger charge is 2.17. The van der Waals surface area contributed by atoms with Gasteiger partial charge in [0.1, 0.15) is 11.4 Å². The van der Waals surface area contributed by atoms with Gasteiger partial charge in [-0.3, -0.25) is 19.6 Å². The molecule has 3 rings (SSSR count). The molecule has 0 aliphatic carbocycles. The largest absolute Gasteiger partial charge is 0.494 e. The Morgan fingerprint density at radius 3 is 2.56 bits per heavy atom. The molecular formula is C19H15F2N3O3. The van der Waals surface area contributed by atoms with Gasteiger partial charge in [0, 0.05) is 42.2 Å². The summed E-state index contributed by atoms with van der Waals surface area (Å²) in [6, 6.07) is 5.78. The van der Waals surface area contributed by atoms with E-state index in [1.807, 2.05) is 0 Å². The molecule has 0 unspecified atom stereocenters. The zero-order valence-corrected chi connectivity index (χ0v) is 14.5. The molecule has 3 aromatic heterocycles. The van der Waals surface area contributed by atoms with Crippen molar-refractivity contribution >= 4 is 6.29 Å². The highest BCUT2D eigenvalue weighted by atomic mass is 19.3. The van der Waals surface area contributed by atoms with Gasteiger partial charge in [0.15, 0.2) is 6.29 Å². The Bertz CT molecular complexity index is 1060. The van der Waals surface area contributed by atoms with Crippen molar-refractivity contribution in [3.63, 3.8) is 0 Å². The van der Waals surface area contributed by atoms with E-state index in [0.717, 1.165) is 0 Å². The van der Waals surface area contributed by atoms with Crippen molar-refractivity contribution in [1.82, 2.24) is 14.5 Å². The van der Waals surface area contributed by atoms with Gasteiger partial charge in [-0.05, 0) is 23.8 Å². The van der Waals surface area contributed by atoms with E-state index in [4.69, 9.17) is 4.74 Å². The number of methoxy groups -OCH3 is 1. The van der Waals surface area contributed by atoms with Crippen LogP contribution in [0.1, 0.15) is 22.5 Å². The Labute approximate surface area is 153 Å². The first-order valence-electron chi connectivity index (χ1n) is 7.89. The number of hydrogen-bond acceptors (Lipinski definition) is 5. The first-order valence-corrected chi connectivity index (χ1v) is 7.89. The van der Waals surface area contributed by atoms with Gasteiger partial charge in [0.25, 0.3) is 6.43 Å². The average molecular weight is 371 g/mol. The van der Waals surface area contributed by atoms with Crippen LogP contribution in [0.2, 0.25) is 0 Å². The fourth-order valence-corrected chi connectivity index (χ4v) is 2.65. The van der Waals surface area contributed by atoms with Crippen LogP contribution >= 0.6 is 0 Å². The van der Waals surface area contributed by atoms with E-state index in [0.29, 0.717) is 28.7 Å². The van der Waals surface area contributed by atoms with Crippen molar-refractivity contribution in [3.8, 4) is 28.1 Å². The van der Waals surface area contributed by atoms with E-state index < -0.39 is 12.1 Å². The molecule has 0 bridgehead atoms. The molecule has 3 aromatic rings. The van der Waals surface area contributed by atoms with Gasteiger partial charge in [-0.2, -0.15) is 0 Å². The molecule has 6 nitrogen and oxygen atoms in total. The summed E-state index contributed by atoms with van der Waals surface area (Å²) < 4.78 is 32.8. The summed E-state index contributed by atoms with van der Waals surface area (Å²) in [6.45, 7) is 0. The highest BCUT2D eigenvalue weighted by molar-refractivity contribution is 5.90. The Morgan fingerprint density at radius 1 is 1.15 bits per heavy atom. The Kier molecular flexibility index (Phi) is 5.07. The van der Waals surface area contributed by atoms with Crippen LogP contribution in [0.15, 0.2) is 47.7 Å². The number of alkyl halides is 2. The minimum Gasteiger partial charge on any atom is -0.494 e. The van der Waals surface area contributed by atoms with Gasteiger partial charge in [-0.15, -0.1) is 0 Å². The molecule has 8 heteroatoms. The van der Waals surface area contributed by atoms with Gasteiger partial charge in [-0.1, -0.05) is 0 Å². The van der Waals surface area contributed by atoms with E-state index in [2.05, 4.69) is 9.97 Å². The van der Waals surface area contributed by atoms with Crippen LogP contribution < -0.4 is 10.3 Å². The number of carbonyl (C=O) groups excluding carboxylic acids is 1. The van der Waals surface area contributed by atoms with Crippen molar-refractivity contribution in [2.45, 2.75) is 6.43 Å². The molecule has 3 heterocycles. The number of aromatic nitrogens is 3. The van der Waals surface area contributed by atoms with Crippen LogP contribution in [0.25, 0.3) is 22.4 Å². The molecule has 0 saturated heterocycles. The number of pyridine rings is 3. The lowest BCUT2D eigenvalue weighted by molar-refractivity contribution is 0.112. The van der Waals surface area contributed by atoms with E-state index in [1.165, 1.54) is 36.2 Å². The van der Waals surface area contributed by atoms with Crippen LogP contribution in [-0.4, -0.2) is 27.9 Å². The summed E-state index contributed by atoms with van der Waals surface area (Å²) in [5, 5.41) is 0. The van der Waals surface area contributed by atoms with Crippen molar-refractivity contribution in [2.24, 2.45) is 7.05 Å². The number of aryl methyl sites for hydroxylation is 1. The number of nitrogens with zero attached hydrogens (tertiary/aromatic N) is 3. The standard InChI is InChI=1S/C19H15F2N3O3/c1-24-9-11(3-4-18(24)26)15-5-13(12(10-25)7-22-15)14-6-16(19(20)21)23-8-17(14)27-2/h3-10,19H,1-2H3. The zero-order chi connectivity index (χ0) is 19.6. The summed E-state index contributed by atoms with van der Waals surface area (Å²) in [6.07, 6.45) is 1.97. The third-order valence-electron chi connectivity index (χ3n) is 4.07. The molecular weight excluding hydrogens is 356 g/mol. The van der Waals surface area contributed by atoms with Crippen molar-refractivity contribution in [1.29, 1.82) is 0 Å². The van der Waals surface area contributed by atoms with E-state index >= 15 is 0 Å². The number of aldehydes is 1. The second-order valence-electron chi connectivity index (χ2n) is 5.75. The summed E-state index contributed by atoms with van der Waals surface area (Å²) in [7, 11) is 2.99. The maximum absolute atomic E-state index is 13.1. The molecule has 0 N–H and O–H groups in total. The molecule has 138 valence electrons. The fourth-order valence-electron chi connectivity index (χ4n) is 2.65. The number of rotatable bonds is 5. The van der Waals surface area contributed by atoms with Gasteiger partial charge in [-0.25, -0.2) is 8.78 Å². The molecule has 0 aromatic carbocycles. The van der Waals surface area contributed by atoms with Crippen LogP contribution in [0.4, 0.5) is 8.78 Å². The normalized spacial score (nSPS) is 10.9. The average Bonchev–Trinajstić information content (AvgIpc) is 2.69. The SMILES string of the molecule is COc1cnc(C(F)F)cc1-c1cc(-c2ccc(=O)n(C)c2)ncc1C=O. The number of halogens is 2. The quantitative estimate of drug-likeness (QED) is 0.644. The maximum atomic E-state index is 13.1. The predicted octanol–water partition coefficient (Wildman–Crippen LogP) is 3.27. The van der Waals surface area contributed by atoms with Crippen LogP contribution in [-0.2, 0) is 7.05 Å². The molecule has 27 heavy (non-hydrogen) atoms. The molecule has 0 saturated carbocycles. The summed E-state index contributed by atoms with van der Waals surface area (Å²) >= 11 is 0. The van der Waals surface area contributed by atoms with Gasteiger partial charge >= 0.3 is 0 Å². The Morgan fingerprint density at radius 2 is 1.93 bits per heavy atom. The maximum Gasteiger partial charge on any atom is 0.280 e. The summed E-state index contributed by atoms with van der Waals surface area (Å²) in [5.74, 6) is 0.250. The van der Waals surface area contributed by atoms with Crippen molar-refractivity contribution in [3.05, 3.63) is 64.5 Å². The monoisotopic (exact) mass is 371 g/mol. The molecule has 0 atom stereocenters. The minimum atomic E-state index is -2.76. The van der Waals surface area contributed by atoms with Crippen LogP contribution in [0, 0.1) is 0 Å². The first kappa shape index (κ1) is 18.4. The van der Waals surface area contributed by atoms with Crippen molar-refractivity contribution < 1.29 is 18.3 Å². The Hall–Kier alpha value is -3.42. The predicted molar refractivity (Wildman–Crippen MR) is 95.0 cm³/mol. The fraction of sp³-hybridized carbons (Fsp3) is 0.158. The molecule has 0 fully saturated rings. The lowest BCUT2D eigenvalue weighted by Gasteiger charge is -2.13.